The minimum absolute atomic E-state index is 0.195. The van der Waals surface area contributed by atoms with Gasteiger partial charge in [-0.2, -0.15) is 0 Å². The summed E-state index contributed by atoms with van der Waals surface area (Å²) in [7, 11) is -2.52. The lowest BCUT2D eigenvalue weighted by Crippen LogP contribution is -2.54. The molecular formula is C25H34FN3O5S. The number of hydrogen-bond acceptors (Lipinski definition) is 5. The molecule has 2 aromatic carbocycles. The highest BCUT2D eigenvalue weighted by atomic mass is 32.2. The molecule has 0 aliphatic carbocycles. The molecule has 1 atom stereocenters. The molecule has 0 aromatic heterocycles. The molecular weight excluding hydrogens is 473 g/mol. The first kappa shape index (κ1) is 28.1. The molecule has 0 heterocycles. The van der Waals surface area contributed by atoms with Gasteiger partial charge in [0, 0.05) is 17.6 Å². The zero-order chi connectivity index (χ0) is 26.6. The van der Waals surface area contributed by atoms with E-state index in [0.717, 1.165) is 16.1 Å². The summed E-state index contributed by atoms with van der Waals surface area (Å²) in [6, 6.07) is 9.90. The summed E-state index contributed by atoms with van der Waals surface area (Å²) < 4.78 is 46.2. The first-order chi connectivity index (χ1) is 16.1. The van der Waals surface area contributed by atoms with Crippen LogP contribution in [0, 0.1) is 12.7 Å². The van der Waals surface area contributed by atoms with E-state index in [9.17, 15) is 22.4 Å². The zero-order valence-corrected chi connectivity index (χ0v) is 22.1. The second-order valence-electron chi connectivity index (χ2n) is 9.47. The van der Waals surface area contributed by atoms with Crippen LogP contribution in [0.3, 0.4) is 0 Å². The van der Waals surface area contributed by atoms with E-state index in [1.807, 2.05) is 0 Å². The minimum Gasteiger partial charge on any atom is -0.495 e. The summed E-state index contributed by atoms with van der Waals surface area (Å²) in [5.74, 6) is -1.37. The zero-order valence-electron chi connectivity index (χ0n) is 21.3. The molecule has 1 N–H and O–H groups in total. The fourth-order valence-electron chi connectivity index (χ4n) is 3.46. The smallest absolute Gasteiger partial charge is 0.244 e. The number of benzene rings is 2. The molecule has 0 saturated heterocycles. The SMILES string of the molecule is COc1ccc(C)cc1N(CC(=O)N(Cc1ccccc1F)[C@@H](C)C(=O)NC(C)(C)C)S(C)(=O)=O. The molecule has 2 aromatic rings. The second kappa shape index (κ2) is 11.1. The number of anilines is 1. The first-order valence-corrected chi connectivity index (χ1v) is 13.0. The number of nitrogens with zero attached hydrogens (tertiary/aromatic N) is 2. The maximum Gasteiger partial charge on any atom is 0.244 e. The van der Waals surface area contributed by atoms with Gasteiger partial charge in [-0.25, -0.2) is 12.8 Å². The molecule has 10 heteroatoms. The van der Waals surface area contributed by atoms with Gasteiger partial charge in [-0.1, -0.05) is 24.3 Å². The van der Waals surface area contributed by atoms with Crippen molar-refractivity contribution in [2.24, 2.45) is 0 Å². The number of carbonyl (C=O) groups excluding carboxylic acids is 2. The highest BCUT2D eigenvalue weighted by Crippen LogP contribution is 2.31. The topological polar surface area (TPSA) is 96.0 Å². The van der Waals surface area contributed by atoms with E-state index in [-0.39, 0.29) is 23.5 Å². The molecule has 2 rings (SSSR count). The summed E-state index contributed by atoms with van der Waals surface area (Å²) in [5, 5.41) is 2.82. The summed E-state index contributed by atoms with van der Waals surface area (Å²) in [6.45, 7) is 7.90. The largest absolute Gasteiger partial charge is 0.495 e. The number of carbonyl (C=O) groups is 2. The van der Waals surface area contributed by atoms with Gasteiger partial charge in [0.05, 0.1) is 19.1 Å². The van der Waals surface area contributed by atoms with Gasteiger partial charge in [0.15, 0.2) is 0 Å². The lowest BCUT2D eigenvalue weighted by molar-refractivity contribution is -0.140. The van der Waals surface area contributed by atoms with Crippen molar-refractivity contribution in [1.82, 2.24) is 10.2 Å². The Kier molecular flexibility index (Phi) is 8.89. The molecule has 0 unspecified atom stereocenters. The van der Waals surface area contributed by atoms with E-state index in [0.29, 0.717) is 0 Å². The van der Waals surface area contributed by atoms with Gasteiger partial charge in [-0.15, -0.1) is 0 Å². The predicted octanol–water partition coefficient (Wildman–Crippen LogP) is 3.24. The Hall–Kier alpha value is -3.14. The van der Waals surface area contributed by atoms with Crippen molar-refractivity contribution < 1.29 is 27.1 Å². The van der Waals surface area contributed by atoms with Crippen LogP contribution in [0.2, 0.25) is 0 Å². The quantitative estimate of drug-likeness (QED) is 0.562. The lowest BCUT2D eigenvalue weighted by Gasteiger charge is -2.33. The van der Waals surface area contributed by atoms with Gasteiger partial charge in [0.25, 0.3) is 0 Å². The van der Waals surface area contributed by atoms with Crippen LogP contribution < -0.4 is 14.4 Å². The number of rotatable bonds is 9. The van der Waals surface area contributed by atoms with Crippen LogP contribution >= 0.6 is 0 Å². The molecule has 0 fully saturated rings. The number of nitrogens with one attached hydrogen (secondary N) is 1. The van der Waals surface area contributed by atoms with E-state index in [1.165, 1.54) is 37.1 Å². The number of ether oxygens (including phenoxy) is 1. The van der Waals surface area contributed by atoms with Crippen LogP contribution in [-0.4, -0.2) is 56.6 Å². The van der Waals surface area contributed by atoms with E-state index < -0.39 is 45.8 Å². The molecule has 0 bridgehead atoms. The monoisotopic (exact) mass is 507 g/mol. The van der Waals surface area contributed by atoms with Crippen LogP contribution in [0.15, 0.2) is 42.5 Å². The van der Waals surface area contributed by atoms with Crippen molar-refractivity contribution >= 4 is 27.5 Å². The standard InChI is InChI=1S/C25H34FN3O5S/c1-17-12-13-22(34-6)21(14-17)29(35(7,32)33)16-23(30)28(15-19-10-8-9-11-20(19)26)18(2)24(31)27-25(3,4)5/h8-14,18H,15-16H2,1-7H3,(H,27,31)/t18-/m0/s1. The van der Waals surface area contributed by atoms with E-state index in [2.05, 4.69) is 5.32 Å². The Morgan fingerprint density at radius 1 is 1.14 bits per heavy atom. The fourth-order valence-corrected chi connectivity index (χ4v) is 4.30. The highest BCUT2D eigenvalue weighted by molar-refractivity contribution is 7.92. The number of sulfonamides is 1. The highest BCUT2D eigenvalue weighted by Gasteiger charge is 2.32. The summed E-state index contributed by atoms with van der Waals surface area (Å²) in [4.78, 5) is 27.7. The average molecular weight is 508 g/mol. The normalized spacial score (nSPS) is 12.6. The average Bonchev–Trinajstić information content (AvgIpc) is 2.74. The van der Waals surface area contributed by atoms with Gasteiger partial charge in [-0.3, -0.25) is 13.9 Å². The summed E-state index contributed by atoms with van der Waals surface area (Å²) in [5.41, 5.74) is 0.602. The van der Waals surface area contributed by atoms with Crippen molar-refractivity contribution in [3.05, 3.63) is 59.4 Å². The molecule has 0 saturated carbocycles. The number of aryl methyl sites for hydroxylation is 1. The van der Waals surface area contributed by atoms with Gasteiger partial charge in [0.2, 0.25) is 21.8 Å². The molecule has 35 heavy (non-hydrogen) atoms. The van der Waals surface area contributed by atoms with Gasteiger partial charge in [0.1, 0.15) is 24.2 Å². The van der Waals surface area contributed by atoms with Crippen molar-refractivity contribution in [3.8, 4) is 5.75 Å². The van der Waals surface area contributed by atoms with Crippen molar-refractivity contribution in [2.75, 3.05) is 24.2 Å². The van der Waals surface area contributed by atoms with Crippen LogP contribution in [-0.2, 0) is 26.2 Å². The predicted molar refractivity (Wildman–Crippen MR) is 134 cm³/mol. The fraction of sp³-hybridized carbons (Fsp3) is 0.440. The Bertz CT molecular complexity index is 1180. The Balaban J connectivity index is 2.49. The minimum atomic E-state index is -3.92. The van der Waals surface area contributed by atoms with E-state index in [1.54, 1.807) is 52.0 Å². The summed E-state index contributed by atoms with van der Waals surface area (Å²) >= 11 is 0. The van der Waals surface area contributed by atoms with Gasteiger partial charge < -0.3 is 15.0 Å². The molecule has 0 aliphatic heterocycles. The molecule has 8 nitrogen and oxygen atoms in total. The van der Waals surface area contributed by atoms with Crippen molar-refractivity contribution in [3.63, 3.8) is 0 Å². The van der Waals surface area contributed by atoms with Crippen molar-refractivity contribution in [1.29, 1.82) is 0 Å². The molecule has 192 valence electrons. The number of halogens is 1. The Morgan fingerprint density at radius 3 is 2.31 bits per heavy atom. The Labute approximate surface area is 207 Å². The Morgan fingerprint density at radius 2 is 1.77 bits per heavy atom. The van der Waals surface area contributed by atoms with E-state index in [4.69, 9.17) is 4.74 Å². The van der Waals surface area contributed by atoms with Crippen LogP contribution in [0.1, 0.15) is 38.8 Å². The summed E-state index contributed by atoms with van der Waals surface area (Å²) in [6.07, 6.45) is 0.985. The maximum atomic E-state index is 14.4. The third kappa shape index (κ3) is 7.68. The second-order valence-corrected chi connectivity index (χ2v) is 11.4. The van der Waals surface area contributed by atoms with Gasteiger partial charge in [-0.05, 0) is 58.4 Å². The molecule has 2 amide bonds. The third-order valence-electron chi connectivity index (χ3n) is 5.25. The van der Waals surface area contributed by atoms with Crippen molar-refractivity contribution in [2.45, 2.75) is 52.7 Å². The molecule has 0 spiro atoms. The number of amides is 2. The van der Waals surface area contributed by atoms with Crippen LogP contribution in [0.25, 0.3) is 0 Å². The number of methoxy groups -OCH3 is 1. The lowest BCUT2D eigenvalue weighted by atomic mass is 10.1. The van der Waals surface area contributed by atoms with Crippen LogP contribution in [0.4, 0.5) is 10.1 Å². The number of hydrogen-bond donors (Lipinski definition) is 1. The van der Waals surface area contributed by atoms with Gasteiger partial charge >= 0.3 is 0 Å². The van der Waals surface area contributed by atoms with Crippen LogP contribution in [0.5, 0.6) is 5.75 Å². The maximum absolute atomic E-state index is 14.4. The van der Waals surface area contributed by atoms with E-state index >= 15 is 0 Å². The molecule has 0 aliphatic rings. The first-order valence-electron chi connectivity index (χ1n) is 11.1. The third-order valence-corrected chi connectivity index (χ3v) is 6.37. The molecule has 0 radical (unpaired) electrons.